The van der Waals surface area contributed by atoms with Crippen molar-refractivity contribution in [2.45, 2.75) is 19.4 Å². The average Bonchev–Trinajstić information content (AvgIpc) is 2.12. The molecule has 0 spiro atoms. The van der Waals surface area contributed by atoms with Crippen LogP contribution in [-0.2, 0) is 6.42 Å². The van der Waals surface area contributed by atoms with E-state index in [1.165, 1.54) is 6.07 Å². The Balaban J connectivity index is 2.60. The molecule has 0 amide bonds. The molecule has 1 aromatic rings. The van der Waals surface area contributed by atoms with Crippen molar-refractivity contribution in [3.05, 3.63) is 29.1 Å². The maximum absolute atomic E-state index is 13.3. The van der Waals surface area contributed by atoms with Crippen LogP contribution in [0, 0.1) is 5.82 Å². The van der Waals surface area contributed by atoms with Crippen LogP contribution < -0.4 is 11.1 Å². The first-order chi connectivity index (χ1) is 6.20. The van der Waals surface area contributed by atoms with E-state index < -0.39 is 0 Å². The molecule has 3 N–H and O–H groups in total. The zero-order chi connectivity index (χ0) is 9.42. The van der Waals surface area contributed by atoms with Crippen molar-refractivity contribution in [3.63, 3.8) is 0 Å². The van der Waals surface area contributed by atoms with Gasteiger partial charge >= 0.3 is 0 Å². The Morgan fingerprint density at radius 2 is 2.31 bits per heavy atom. The number of halogens is 1. The van der Waals surface area contributed by atoms with E-state index in [1.54, 1.807) is 6.07 Å². The summed E-state index contributed by atoms with van der Waals surface area (Å²) in [5, 5.41) is 3.26. The number of fused-ring (bicyclic) bond motifs is 1. The van der Waals surface area contributed by atoms with E-state index in [9.17, 15) is 4.39 Å². The number of rotatable bonds is 0. The molecule has 0 bridgehead atoms. The van der Waals surface area contributed by atoms with Gasteiger partial charge in [0.05, 0.1) is 0 Å². The summed E-state index contributed by atoms with van der Waals surface area (Å²) < 4.78 is 13.3. The molecule has 0 saturated carbocycles. The van der Waals surface area contributed by atoms with E-state index in [-0.39, 0.29) is 11.9 Å². The minimum Gasteiger partial charge on any atom is -0.398 e. The Kier molecular flexibility index (Phi) is 1.96. The van der Waals surface area contributed by atoms with E-state index in [0.717, 1.165) is 24.1 Å². The molecular weight excluding hydrogens is 167 g/mol. The fourth-order valence-corrected chi connectivity index (χ4v) is 1.94. The van der Waals surface area contributed by atoms with Crippen molar-refractivity contribution in [2.24, 2.45) is 0 Å². The topological polar surface area (TPSA) is 38.0 Å². The Labute approximate surface area is 76.9 Å². The molecule has 1 atom stereocenters. The Bertz CT molecular complexity index is 336. The van der Waals surface area contributed by atoms with Crippen LogP contribution in [0.25, 0.3) is 0 Å². The highest BCUT2D eigenvalue weighted by Gasteiger charge is 2.20. The second-order valence-corrected chi connectivity index (χ2v) is 3.45. The van der Waals surface area contributed by atoms with Gasteiger partial charge in [-0.05, 0) is 43.1 Å². The Hall–Kier alpha value is -1.09. The Morgan fingerprint density at radius 1 is 1.54 bits per heavy atom. The third-order valence-corrected chi connectivity index (χ3v) is 2.59. The van der Waals surface area contributed by atoms with Gasteiger partial charge in [-0.15, -0.1) is 0 Å². The van der Waals surface area contributed by atoms with Crippen molar-refractivity contribution in [3.8, 4) is 0 Å². The standard InChI is InChI=1S/C10H13FN2/c1-6-10-7(4-5-13-6)8(11)2-3-9(10)12/h2-3,6,13H,4-5,12H2,1H3. The monoisotopic (exact) mass is 180 g/mol. The van der Waals surface area contributed by atoms with Crippen molar-refractivity contribution >= 4 is 5.69 Å². The number of nitrogens with one attached hydrogen (secondary N) is 1. The highest BCUT2D eigenvalue weighted by atomic mass is 19.1. The van der Waals surface area contributed by atoms with Crippen LogP contribution in [0.15, 0.2) is 12.1 Å². The third-order valence-electron chi connectivity index (χ3n) is 2.59. The lowest BCUT2D eigenvalue weighted by molar-refractivity contribution is 0.515. The molecule has 1 aliphatic heterocycles. The number of hydrogen-bond acceptors (Lipinski definition) is 2. The van der Waals surface area contributed by atoms with Crippen LogP contribution in [-0.4, -0.2) is 6.54 Å². The minimum atomic E-state index is -0.127. The lowest BCUT2D eigenvalue weighted by atomic mass is 9.93. The molecule has 1 unspecified atom stereocenters. The predicted molar refractivity (Wildman–Crippen MR) is 50.9 cm³/mol. The van der Waals surface area contributed by atoms with Crippen molar-refractivity contribution < 1.29 is 4.39 Å². The SMILES string of the molecule is CC1NCCc2c(F)ccc(N)c21. The van der Waals surface area contributed by atoms with Crippen LogP contribution in [0.2, 0.25) is 0 Å². The number of benzene rings is 1. The largest absolute Gasteiger partial charge is 0.398 e. The molecule has 2 rings (SSSR count). The van der Waals surface area contributed by atoms with Crippen LogP contribution in [0.4, 0.5) is 10.1 Å². The van der Waals surface area contributed by atoms with E-state index in [1.807, 2.05) is 6.92 Å². The average molecular weight is 180 g/mol. The summed E-state index contributed by atoms with van der Waals surface area (Å²) >= 11 is 0. The maximum atomic E-state index is 13.3. The molecule has 3 heteroatoms. The zero-order valence-electron chi connectivity index (χ0n) is 7.60. The van der Waals surface area contributed by atoms with Gasteiger partial charge in [0.15, 0.2) is 0 Å². The van der Waals surface area contributed by atoms with Gasteiger partial charge in [-0.3, -0.25) is 0 Å². The third kappa shape index (κ3) is 1.29. The molecular formula is C10H13FN2. The Morgan fingerprint density at radius 3 is 3.00 bits per heavy atom. The second kappa shape index (κ2) is 3.00. The van der Waals surface area contributed by atoms with Crippen molar-refractivity contribution in [1.82, 2.24) is 5.32 Å². The summed E-state index contributed by atoms with van der Waals surface area (Å²) in [5.41, 5.74) is 8.20. The van der Waals surface area contributed by atoms with Gasteiger partial charge in [0, 0.05) is 11.7 Å². The molecule has 0 aliphatic carbocycles. The van der Waals surface area contributed by atoms with Crippen molar-refractivity contribution in [1.29, 1.82) is 0 Å². The van der Waals surface area contributed by atoms with E-state index in [2.05, 4.69) is 5.32 Å². The summed E-state index contributed by atoms with van der Waals surface area (Å²) in [4.78, 5) is 0. The van der Waals surface area contributed by atoms with Gasteiger partial charge in [0.25, 0.3) is 0 Å². The molecule has 1 heterocycles. The summed E-state index contributed by atoms with van der Waals surface area (Å²) in [6, 6.07) is 3.25. The smallest absolute Gasteiger partial charge is 0.126 e. The second-order valence-electron chi connectivity index (χ2n) is 3.45. The lowest BCUT2D eigenvalue weighted by Gasteiger charge is -2.25. The maximum Gasteiger partial charge on any atom is 0.126 e. The highest BCUT2D eigenvalue weighted by molar-refractivity contribution is 5.54. The molecule has 0 aromatic heterocycles. The number of nitrogens with two attached hydrogens (primary N) is 1. The molecule has 1 aliphatic rings. The van der Waals surface area contributed by atoms with Gasteiger partial charge < -0.3 is 11.1 Å². The van der Waals surface area contributed by atoms with Crippen LogP contribution >= 0.6 is 0 Å². The lowest BCUT2D eigenvalue weighted by Crippen LogP contribution is -2.29. The van der Waals surface area contributed by atoms with E-state index >= 15 is 0 Å². The summed E-state index contributed by atoms with van der Waals surface area (Å²) in [6.45, 7) is 2.84. The summed E-state index contributed by atoms with van der Waals surface area (Å²) in [7, 11) is 0. The molecule has 70 valence electrons. The first-order valence-corrected chi connectivity index (χ1v) is 4.50. The predicted octanol–water partition coefficient (Wildman–Crippen LogP) is 1.61. The quantitative estimate of drug-likeness (QED) is 0.595. The van der Waals surface area contributed by atoms with Crippen LogP contribution in [0.5, 0.6) is 0 Å². The first-order valence-electron chi connectivity index (χ1n) is 4.50. The molecule has 13 heavy (non-hydrogen) atoms. The number of anilines is 1. The van der Waals surface area contributed by atoms with Gasteiger partial charge in [-0.25, -0.2) is 4.39 Å². The first kappa shape index (κ1) is 8.51. The van der Waals surface area contributed by atoms with Gasteiger partial charge in [0.2, 0.25) is 0 Å². The van der Waals surface area contributed by atoms with Crippen molar-refractivity contribution in [2.75, 3.05) is 12.3 Å². The number of nitrogen functional groups attached to an aromatic ring is 1. The molecule has 0 saturated heterocycles. The van der Waals surface area contributed by atoms with Gasteiger partial charge in [-0.1, -0.05) is 0 Å². The fraction of sp³-hybridized carbons (Fsp3) is 0.400. The van der Waals surface area contributed by atoms with Gasteiger partial charge in [0.1, 0.15) is 5.82 Å². The summed E-state index contributed by atoms with van der Waals surface area (Å²) in [5.74, 6) is -0.127. The van der Waals surface area contributed by atoms with Crippen LogP contribution in [0.3, 0.4) is 0 Å². The minimum absolute atomic E-state index is 0.127. The van der Waals surface area contributed by atoms with Gasteiger partial charge in [-0.2, -0.15) is 0 Å². The van der Waals surface area contributed by atoms with Crippen LogP contribution in [0.1, 0.15) is 24.1 Å². The number of hydrogen-bond donors (Lipinski definition) is 2. The molecule has 0 radical (unpaired) electrons. The molecule has 2 nitrogen and oxygen atoms in total. The normalized spacial score (nSPS) is 21.2. The van der Waals surface area contributed by atoms with E-state index in [0.29, 0.717) is 5.69 Å². The molecule has 0 fully saturated rings. The highest BCUT2D eigenvalue weighted by Crippen LogP contribution is 2.29. The fourth-order valence-electron chi connectivity index (χ4n) is 1.94. The van der Waals surface area contributed by atoms with E-state index in [4.69, 9.17) is 5.73 Å². The molecule has 1 aromatic carbocycles. The summed E-state index contributed by atoms with van der Waals surface area (Å²) in [6.07, 6.45) is 0.733. The zero-order valence-corrected chi connectivity index (χ0v) is 7.60.